The lowest BCUT2D eigenvalue weighted by molar-refractivity contribution is -0.384. The third-order valence-corrected chi connectivity index (χ3v) is 4.82. The monoisotopic (exact) mass is 454 g/mol. The number of non-ortho nitro benzene ring substituents is 1. The van der Waals surface area contributed by atoms with E-state index in [0.717, 1.165) is 5.56 Å². The Balaban J connectivity index is 1.51. The van der Waals surface area contributed by atoms with Crippen LogP contribution in [0.4, 0.5) is 5.69 Å². The largest absolute Gasteiger partial charge is 0.423 e. The molecular formula is C26H18N2O6. The Morgan fingerprint density at radius 3 is 2.56 bits per heavy atom. The van der Waals surface area contributed by atoms with E-state index in [4.69, 9.17) is 9.47 Å². The highest BCUT2D eigenvalue weighted by Crippen LogP contribution is 2.25. The minimum atomic E-state index is -0.651. The molecule has 0 fully saturated rings. The number of nitro benzene ring substituents is 1. The third-order valence-electron chi connectivity index (χ3n) is 4.82. The van der Waals surface area contributed by atoms with Gasteiger partial charge in [-0.3, -0.25) is 10.1 Å². The molecule has 3 aromatic rings. The van der Waals surface area contributed by atoms with Crippen molar-refractivity contribution in [2.75, 3.05) is 0 Å². The molecule has 3 aromatic carbocycles. The molecule has 0 unspecified atom stereocenters. The van der Waals surface area contributed by atoms with Gasteiger partial charge in [0.25, 0.3) is 5.69 Å². The van der Waals surface area contributed by atoms with Gasteiger partial charge in [0.05, 0.1) is 4.92 Å². The van der Waals surface area contributed by atoms with Crippen molar-refractivity contribution in [3.63, 3.8) is 0 Å². The van der Waals surface area contributed by atoms with Crippen molar-refractivity contribution in [2.45, 2.75) is 6.92 Å². The van der Waals surface area contributed by atoms with Gasteiger partial charge in [-0.25, -0.2) is 14.6 Å². The number of nitrogens with zero attached hydrogens (tertiary/aromatic N) is 2. The third kappa shape index (κ3) is 5.31. The molecule has 0 radical (unpaired) electrons. The minimum Gasteiger partial charge on any atom is -0.423 e. The molecule has 0 aromatic heterocycles. The average Bonchev–Trinajstić information content (AvgIpc) is 3.19. The molecule has 0 bridgehead atoms. The SMILES string of the molecule is Cc1cccc(C2=N/C(=C\c3ccccc3OC(=O)/C=C/c3ccc([N+](=O)[O-])cc3)C(=O)O2)c1. The first-order valence-corrected chi connectivity index (χ1v) is 10.2. The van der Waals surface area contributed by atoms with E-state index in [9.17, 15) is 19.7 Å². The summed E-state index contributed by atoms with van der Waals surface area (Å²) in [5.74, 6) is -0.807. The molecule has 8 heteroatoms. The van der Waals surface area contributed by atoms with Gasteiger partial charge in [0.15, 0.2) is 5.70 Å². The number of hydrogen-bond donors (Lipinski definition) is 0. The van der Waals surface area contributed by atoms with E-state index in [1.807, 2.05) is 25.1 Å². The fraction of sp³-hybridized carbons (Fsp3) is 0.0385. The molecule has 8 nitrogen and oxygen atoms in total. The molecule has 0 N–H and O–H groups in total. The molecular weight excluding hydrogens is 436 g/mol. The number of esters is 2. The average molecular weight is 454 g/mol. The normalized spacial score (nSPS) is 14.2. The summed E-state index contributed by atoms with van der Waals surface area (Å²) in [6, 6.07) is 19.9. The van der Waals surface area contributed by atoms with Crippen LogP contribution >= 0.6 is 0 Å². The Bertz CT molecular complexity index is 1370. The van der Waals surface area contributed by atoms with Gasteiger partial charge in [-0.15, -0.1) is 0 Å². The van der Waals surface area contributed by atoms with Crippen LogP contribution in [-0.4, -0.2) is 22.8 Å². The van der Waals surface area contributed by atoms with E-state index in [0.29, 0.717) is 16.7 Å². The van der Waals surface area contributed by atoms with Crippen molar-refractivity contribution < 1.29 is 24.0 Å². The van der Waals surface area contributed by atoms with Gasteiger partial charge in [-0.05, 0) is 55.0 Å². The summed E-state index contributed by atoms with van der Waals surface area (Å²) >= 11 is 0. The highest BCUT2D eigenvalue weighted by Gasteiger charge is 2.24. The van der Waals surface area contributed by atoms with Crippen molar-refractivity contribution in [3.8, 4) is 5.75 Å². The van der Waals surface area contributed by atoms with E-state index in [1.54, 1.807) is 30.3 Å². The Morgan fingerprint density at radius 2 is 1.82 bits per heavy atom. The maximum atomic E-state index is 12.3. The zero-order valence-electron chi connectivity index (χ0n) is 18.0. The summed E-state index contributed by atoms with van der Waals surface area (Å²) in [6.07, 6.45) is 4.19. The van der Waals surface area contributed by atoms with Gasteiger partial charge < -0.3 is 9.47 Å². The lowest BCUT2D eigenvalue weighted by atomic mass is 10.1. The summed E-state index contributed by atoms with van der Waals surface area (Å²) in [7, 11) is 0. The highest BCUT2D eigenvalue weighted by molar-refractivity contribution is 6.13. The first-order chi connectivity index (χ1) is 16.4. The lowest BCUT2D eigenvalue weighted by Gasteiger charge is -2.05. The number of rotatable bonds is 6. The van der Waals surface area contributed by atoms with Gasteiger partial charge in [0.1, 0.15) is 5.75 Å². The number of ether oxygens (including phenoxy) is 2. The van der Waals surface area contributed by atoms with E-state index < -0.39 is 16.9 Å². The smallest absolute Gasteiger partial charge is 0.363 e. The molecule has 0 spiro atoms. The Labute approximate surface area is 194 Å². The van der Waals surface area contributed by atoms with E-state index in [1.165, 1.54) is 42.5 Å². The molecule has 0 aliphatic carbocycles. The second kappa shape index (κ2) is 9.74. The van der Waals surface area contributed by atoms with Gasteiger partial charge in [0.2, 0.25) is 5.90 Å². The molecule has 0 atom stereocenters. The van der Waals surface area contributed by atoms with E-state index >= 15 is 0 Å². The Morgan fingerprint density at radius 1 is 1.06 bits per heavy atom. The van der Waals surface area contributed by atoms with Crippen LogP contribution < -0.4 is 4.74 Å². The Kier molecular flexibility index (Phi) is 6.40. The van der Waals surface area contributed by atoms with Crippen LogP contribution in [0, 0.1) is 17.0 Å². The van der Waals surface area contributed by atoms with Crippen LogP contribution in [0.3, 0.4) is 0 Å². The number of cyclic esters (lactones) is 1. The van der Waals surface area contributed by atoms with Gasteiger partial charge in [-0.1, -0.05) is 35.9 Å². The van der Waals surface area contributed by atoms with Crippen molar-refractivity contribution in [2.24, 2.45) is 4.99 Å². The van der Waals surface area contributed by atoms with Crippen LogP contribution in [-0.2, 0) is 14.3 Å². The number of para-hydroxylation sites is 1. The summed E-state index contributed by atoms with van der Waals surface area (Å²) in [6.45, 7) is 1.93. The molecule has 0 saturated heterocycles. The van der Waals surface area contributed by atoms with Crippen LogP contribution in [0.5, 0.6) is 5.75 Å². The molecule has 1 aliphatic rings. The molecule has 0 saturated carbocycles. The zero-order valence-corrected chi connectivity index (χ0v) is 18.0. The van der Waals surface area contributed by atoms with E-state index in [-0.39, 0.29) is 23.0 Å². The molecule has 34 heavy (non-hydrogen) atoms. The predicted molar refractivity (Wildman–Crippen MR) is 126 cm³/mol. The number of benzene rings is 3. The molecule has 168 valence electrons. The minimum absolute atomic E-state index is 0.0413. The van der Waals surface area contributed by atoms with Crippen molar-refractivity contribution in [1.29, 1.82) is 0 Å². The first kappa shape index (κ1) is 22.3. The summed E-state index contributed by atoms with van der Waals surface area (Å²) in [4.78, 5) is 39.2. The molecule has 1 aliphatic heterocycles. The quantitative estimate of drug-likeness (QED) is 0.173. The Hall–Kier alpha value is -4.85. The van der Waals surface area contributed by atoms with Crippen LogP contribution in [0.15, 0.2) is 89.6 Å². The molecule has 0 amide bonds. The number of nitro groups is 1. The van der Waals surface area contributed by atoms with E-state index in [2.05, 4.69) is 4.99 Å². The maximum Gasteiger partial charge on any atom is 0.363 e. The number of carbonyl (C=O) groups excluding carboxylic acids is 2. The number of aryl methyl sites for hydroxylation is 1. The fourth-order valence-corrected chi connectivity index (χ4v) is 3.16. The second-order valence-electron chi connectivity index (χ2n) is 7.35. The summed E-state index contributed by atoms with van der Waals surface area (Å²) in [5.41, 5.74) is 2.81. The van der Waals surface area contributed by atoms with Gasteiger partial charge in [-0.2, -0.15) is 0 Å². The molecule has 1 heterocycles. The predicted octanol–water partition coefficient (Wildman–Crippen LogP) is 4.87. The van der Waals surface area contributed by atoms with Gasteiger partial charge >= 0.3 is 11.9 Å². The topological polar surface area (TPSA) is 108 Å². The fourth-order valence-electron chi connectivity index (χ4n) is 3.16. The van der Waals surface area contributed by atoms with Crippen molar-refractivity contribution in [1.82, 2.24) is 0 Å². The highest BCUT2D eigenvalue weighted by atomic mass is 16.6. The first-order valence-electron chi connectivity index (χ1n) is 10.2. The summed E-state index contributed by atoms with van der Waals surface area (Å²) in [5, 5.41) is 10.7. The summed E-state index contributed by atoms with van der Waals surface area (Å²) < 4.78 is 10.7. The number of aliphatic imine (C=N–C) groups is 1. The van der Waals surface area contributed by atoms with Gasteiger partial charge in [0, 0.05) is 29.3 Å². The van der Waals surface area contributed by atoms with Crippen molar-refractivity contribution in [3.05, 3.63) is 117 Å². The number of carbonyl (C=O) groups is 2. The second-order valence-corrected chi connectivity index (χ2v) is 7.35. The zero-order chi connectivity index (χ0) is 24.1. The van der Waals surface area contributed by atoms with Crippen LogP contribution in [0.25, 0.3) is 12.2 Å². The maximum absolute atomic E-state index is 12.3. The van der Waals surface area contributed by atoms with Crippen LogP contribution in [0.2, 0.25) is 0 Å². The van der Waals surface area contributed by atoms with Crippen molar-refractivity contribution >= 4 is 35.7 Å². The lowest BCUT2D eigenvalue weighted by Crippen LogP contribution is -2.06. The number of hydrogen-bond acceptors (Lipinski definition) is 7. The molecule has 4 rings (SSSR count). The standard InChI is InChI=1S/C26H18N2O6/c1-17-5-4-7-20(15-17)25-27-22(26(30)34-25)16-19-6-2-3-8-23(19)33-24(29)14-11-18-9-12-21(13-10-18)28(31)32/h2-16H,1H3/b14-11+,22-16-. The van der Waals surface area contributed by atoms with Crippen LogP contribution in [0.1, 0.15) is 22.3 Å².